The van der Waals surface area contributed by atoms with Crippen molar-refractivity contribution >= 4 is 16.9 Å². The Morgan fingerprint density at radius 3 is 2.71 bits per heavy atom. The van der Waals surface area contributed by atoms with E-state index < -0.39 is 5.63 Å². The highest BCUT2D eigenvalue weighted by molar-refractivity contribution is 5.97. The lowest BCUT2D eigenvalue weighted by molar-refractivity contribution is 0.0730. The van der Waals surface area contributed by atoms with Gasteiger partial charge in [-0.25, -0.2) is 4.79 Å². The zero-order valence-corrected chi connectivity index (χ0v) is 15.8. The molecular formula is C22H21NO5. The van der Waals surface area contributed by atoms with Gasteiger partial charge in [-0.1, -0.05) is 18.2 Å². The summed E-state index contributed by atoms with van der Waals surface area (Å²) in [5.41, 5.74) is 0.772. The number of carbonyl (C=O) groups is 1. The van der Waals surface area contributed by atoms with E-state index in [2.05, 4.69) is 0 Å². The average molecular weight is 379 g/mol. The summed E-state index contributed by atoms with van der Waals surface area (Å²) in [6.07, 6.45) is 1.63. The molecule has 0 aliphatic carbocycles. The van der Waals surface area contributed by atoms with Gasteiger partial charge in [0.15, 0.2) is 0 Å². The van der Waals surface area contributed by atoms with E-state index in [0.29, 0.717) is 23.6 Å². The summed E-state index contributed by atoms with van der Waals surface area (Å²) in [6.45, 7) is 0.566. The molecule has 4 rings (SSSR count). The molecule has 1 aliphatic heterocycles. The number of nitrogens with zero attached hydrogens (tertiary/aromatic N) is 1. The molecule has 0 saturated carbocycles. The Bertz CT molecular complexity index is 1090. The van der Waals surface area contributed by atoms with E-state index in [1.165, 1.54) is 0 Å². The van der Waals surface area contributed by atoms with Crippen molar-refractivity contribution in [2.24, 2.45) is 0 Å². The van der Waals surface area contributed by atoms with Crippen molar-refractivity contribution in [2.45, 2.75) is 18.9 Å². The average Bonchev–Trinajstić information content (AvgIpc) is 3.22. The third-order valence-electron chi connectivity index (χ3n) is 5.18. The highest BCUT2D eigenvalue weighted by atomic mass is 16.5. The number of benzene rings is 2. The van der Waals surface area contributed by atoms with Crippen molar-refractivity contribution in [1.29, 1.82) is 0 Å². The van der Waals surface area contributed by atoms with Gasteiger partial charge in [-0.2, -0.15) is 0 Å². The third-order valence-corrected chi connectivity index (χ3v) is 5.18. The molecule has 0 radical (unpaired) electrons. The normalized spacial score (nSPS) is 16.4. The minimum absolute atomic E-state index is 0.0486. The third kappa shape index (κ3) is 3.11. The molecule has 1 unspecified atom stereocenters. The Morgan fingerprint density at radius 1 is 1.11 bits per heavy atom. The fourth-order valence-electron chi connectivity index (χ4n) is 3.80. The van der Waals surface area contributed by atoms with Crippen molar-refractivity contribution in [2.75, 3.05) is 20.8 Å². The molecule has 6 nitrogen and oxygen atoms in total. The molecule has 0 bridgehead atoms. The van der Waals surface area contributed by atoms with Gasteiger partial charge in [0.2, 0.25) is 0 Å². The fourth-order valence-corrected chi connectivity index (χ4v) is 3.80. The molecule has 1 saturated heterocycles. The second kappa shape index (κ2) is 7.38. The monoisotopic (exact) mass is 379 g/mol. The van der Waals surface area contributed by atoms with E-state index >= 15 is 0 Å². The summed E-state index contributed by atoms with van der Waals surface area (Å²) in [6, 6.07) is 14.1. The number of hydrogen-bond acceptors (Lipinski definition) is 5. The smallest absolute Gasteiger partial charge is 0.349 e. The van der Waals surface area contributed by atoms with Crippen molar-refractivity contribution in [3.8, 4) is 11.5 Å². The van der Waals surface area contributed by atoms with Crippen LogP contribution in [0.4, 0.5) is 0 Å². The molecule has 1 atom stereocenters. The molecule has 1 amide bonds. The van der Waals surface area contributed by atoms with Crippen LogP contribution in [0.15, 0.2) is 57.7 Å². The highest BCUT2D eigenvalue weighted by Crippen LogP contribution is 2.39. The Kier molecular flexibility index (Phi) is 4.77. The lowest BCUT2D eigenvalue weighted by Gasteiger charge is -2.26. The molecule has 0 N–H and O–H groups in total. The minimum Gasteiger partial charge on any atom is -0.497 e. The first-order chi connectivity index (χ1) is 13.6. The molecule has 28 heavy (non-hydrogen) atoms. The van der Waals surface area contributed by atoms with E-state index in [1.54, 1.807) is 37.3 Å². The van der Waals surface area contributed by atoms with Crippen LogP contribution < -0.4 is 15.1 Å². The number of likely N-dealkylation sites (tertiary alicyclic amines) is 1. The van der Waals surface area contributed by atoms with E-state index in [-0.39, 0.29) is 17.5 Å². The van der Waals surface area contributed by atoms with Crippen LogP contribution in [0.25, 0.3) is 11.0 Å². The fraction of sp³-hybridized carbons (Fsp3) is 0.273. The number of rotatable bonds is 4. The number of fused-ring (bicyclic) bond motifs is 1. The summed E-state index contributed by atoms with van der Waals surface area (Å²) in [4.78, 5) is 27.4. The molecule has 1 fully saturated rings. The van der Waals surface area contributed by atoms with Crippen LogP contribution in [0.5, 0.6) is 11.5 Å². The maximum Gasteiger partial charge on any atom is 0.349 e. The second-order valence-corrected chi connectivity index (χ2v) is 6.75. The first-order valence-corrected chi connectivity index (χ1v) is 9.18. The van der Waals surface area contributed by atoms with Crippen molar-refractivity contribution in [1.82, 2.24) is 4.90 Å². The van der Waals surface area contributed by atoms with Crippen LogP contribution in [0.3, 0.4) is 0 Å². The zero-order chi connectivity index (χ0) is 19.7. The topological polar surface area (TPSA) is 69.0 Å². The second-order valence-electron chi connectivity index (χ2n) is 6.75. The number of ether oxygens (including phenoxy) is 2. The Labute approximate surface area is 162 Å². The van der Waals surface area contributed by atoms with E-state index in [0.717, 1.165) is 23.8 Å². The summed E-state index contributed by atoms with van der Waals surface area (Å²) in [7, 11) is 3.20. The molecule has 144 valence electrons. The van der Waals surface area contributed by atoms with E-state index in [1.807, 2.05) is 30.3 Å². The molecule has 3 aromatic rings. The SMILES string of the molecule is COc1ccc(OC)c(C2CCCN2C(=O)c2cc3ccccc3oc2=O)c1. The molecule has 0 spiro atoms. The van der Waals surface area contributed by atoms with Crippen molar-refractivity contribution < 1.29 is 18.7 Å². The molecular weight excluding hydrogens is 358 g/mol. The number of hydrogen-bond donors (Lipinski definition) is 0. The maximum absolute atomic E-state index is 13.2. The van der Waals surface area contributed by atoms with Crippen LogP contribution in [0, 0.1) is 0 Å². The number of methoxy groups -OCH3 is 2. The van der Waals surface area contributed by atoms with Gasteiger partial charge in [-0.3, -0.25) is 4.79 Å². The highest BCUT2D eigenvalue weighted by Gasteiger charge is 2.34. The predicted octanol–water partition coefficient (Wildman–Crippen LogP) is 3.79. The zero-order valence-electron chi connectivity index (χ0n) is 15.8. The van der Waals surface area contributed by atoms with Crippen LogP contribution >= 0.6 is 0 Å². The largest absolute Gasteiger partial charge is 0.497 e. The Morgan fingerprint density at radius 2 is 1.93 bits per heavy atom. The molecule has 6 heteroatoms. The first kappa shape index (κ1) is 18.1. The van der Waals surface area contributed by atoms with Gasteiger partial charge in [0, 0.05) is 17.5 Å². The quantitative estimate of drug-likeness (QED) is 0.645. The van der Waals surface area contributed by atoms with Crippen LogP contribution in [-0.4, -0.2) is 31.6 Å². The number of amides is 1. The van der Waals surface area contributed by atoms with Crippen molar-refractivity contribution in [3.05, 3.63) is 70.1 Å². The van der Waals surface area contributed by atoms with Crippen LogP contribution in [0.2, 0.25) is 0 Å². The van der Waals surface area contributed by atoms with Gasteiger partial charge in [0.25, 0.3) is 5.91 Å². The molecule has 1 aliphatic rings. The Hall–Kier alpha value is -3.28. The molecule has 2 heterocycles. The minimum atomic E-state index is -0.619. The summed E-state index contributed by atoms with van der Waals surface area (Å²) in [5, 5.41) is 0.722. The van der Waals surface area contributed by atoms with Gasteiger partial charge < -0.3 is 18.8 Å². The number of para-hydroxylation sites is 1. The van der Waals surface area contributed by atoms with Gasteiger partial charge in [0.1, 0.15) is 22.6 Å². The van der Waals surface area contributed by atoms with Crippen LogP contribution in [-0.2, 0) is 0 Å². The standard InChI is InChI=1S/C22H21NO5/c1-26-15-9-10-20(27-2)16(13-15)18-7-5-11-23(18)21(24)17-12-14-6-3-4-8-19(14)28-22(17)25/h3-4,6,8-10,12-13,18H,5,7,11H2,1-2H3. The number of carbonyl (C=O) groups excluding carboxylic acids is 1. The van der Waals surface area contributed by atoms with Gasteiger partial charge in [-0.15, -0.1) is 0 Å². The Balaban J connectivity index is 1.74. The first-order valence-electron chi connectivity index (χ1n) is 9.18. The van der Waals surface area contributed by atoms with Crippen molar-refractivity contribution in [3.63, 3.8) is 0 Å². The summed E-state index contributed by atoms with van der Waals surface area (Å²) in [5.74, 6) is 1.06. The van der Waals surface area contributed by atoms with E-state index in [9.17, 15) is 9.59 Å². The molecule has 1 aromatic heterocycles. The lowest BCUT2D eigenvalue weighted by Crippen LogP contribution is -2.33. The van der Waals surface area contributed by atoms with Crippen LogP contribution in [0.1, 0.15) is 34.8 Å². The van der Waals surface area contributed by atoms with Gasteiger partial charge >= 0.3 is 5.63 Å². The lowest BCUT2D eigenvalue weighted by atomic mass is 10.0. The maximum atomic E-state index is 13.2. The summed E-state index contributed by atoms with van der Waals surface area (Å²) >= 11 is 0. The van der Waals surface area contributed by atoms with Gasteiger partial charge in [-0.05, 0) is 43.2 Å². The molecule has 2 aromatic carbocycles. The van der Waals surface area contributed by atoms with Gasteiger partial charge in [0.05, 0.1) is 20.3 Å². The predicted molar refractivity (Wildman–Crippen MR) is 105 cm³/mol. The van der Waals surface area contributed by atoms with E-state index in [4.69, 9.17) is 13.9 Å². The summed E-state index contributed by atoms with van der Waals surface area (Å²) < 4.78 is 16.2.